The van der Waals surface area contributed by atoms with Crippen molar-refractivity contribution < 1.29 is 9.53 Å². The maximum absolute atomic E-state index is 12.0. The van der Waals surface area contributed by atoms with Gasteiger partial charge in [0.15, 0.2) is 0 Å². The summed E-state index contributed by atoms with van der Waals surface area (Å²) in [5, 5.41) is 0. The SMILES string of the molecule is C[C@H](CC(=O)O[C@@H](C)c1ccccc1)c1ccccc1. The first kappa shape index (κ1) is 14.3. The van der Waals surface area contributed by atoms with Gasteiger partial charge in [0.25, 0.3) is 0 Å². The molecular weight excluding hydrogens is 248 g/mol. The number of ether oxygens (including phenoxy) is 1. The Hall–Kier alpha value is -2.09. The van der Waals surface area contributed by atoms with E-state index in [9.17, 15) is 4.79 Å². The summed E-state index contributed by atoms with van der Waals surface area (Å²) in [5.41, 5.74) is 2.19. The Labute approximate surface area is 120 Å². The minimum Gasteiger partial charge on any atom is -0.458 e. The molecule has 0 spiro atoms. The van der Waals surface area contributed by atoms with E-state index in [1.807, 2.05) is 74.5 Å². The monoisotopic (exact) mass is 268 g/mol. The zero-order chi connectivity index (χ0) is 14.4. The van der Waals surface area contributed by atoms with E-state index in [1.165, 1.54) is 0 Å². The minimum atomic E-state index is -0.202. The topological polar surface area (TPSA) is 26.3 Å². The fourth-order valence-electron chi connectivity index (χ4n) is 2.19. The van der Waals surface area contributed by atoms with E-state index >= 15 is 0 Å². The van der Waals surface area contributed by atoms with Gasteiger partial charge in [-0.3, -0.25) is 4.79 Å². The smallest absolute Gasteiger partial charge is 0.306 e. The van der Waals surface area contributed by atoms with Crippen LogP contribution in [0.5, 0.6) is 0 Å². The Kier molecular flexibility index (Phi) is 4.94. The highest BCUT2D eigenvalue weighted by molar-refractivity contribution is 5.70. The van der Waals surface area contributed by atoms with E-state index in [0.717, 1.165) is 11.1 Å². The van der Waals surface area contributed by atoms with Crippen LogP contribution in [0.2, 0.25) is 0 Å². The molecule has 0 saturated carbocycles. The normalized spacial score (nSPS) is 13.5. The molecule has 0 aliphatic carbocycles. The number of carbonyl (C=O) groups excluding carboxylic acids is 1. The molecule has 0 aromatic heterocycles. The number of carbonyl (C=O) groups is 1. The summed E-state index contributed by atoms with van der Waals surface area (Å²) in [5.74, 6) is 0.0179. The van der Waals surface area contributed by atoms with Crippen molar-refractivity contribution in [3.63, 3.8) is 0 Å². The second kappa shape index (κ2) is 6.90. The maximum Gasteiger partial charge on any atom is 0.306 e. The summed E-state index contributed by atoms with van der Waals surface area (Å²) in [6.45, 7) is 3.95. The second-order valence-electron chi connectivity index (χ2n) is 5.06. The third-order valence-corrected chi connectivity index (χ3v) is 3.42. The first-order valence-corrected chi connectivity index (χ1v) is 6.96. The van der Waals surface area contributed by atoms with Crippen LogP contribution in [0.25, 0.3) is 0 Å². The third kappa shape index (κ3) is 3.95. The van der Waals surface area contributed by atoms with Crippen molar-refractivity contribution in [3.8, 4) is 0 Å². The number of hydrogen-bond donors (Lipinski definition) is 0. The van der Waals surface area contributed by atoms with Crippen LogP contribution in [0.1, 0.15) is 43.4 Å². The van der Waals surface area contributed by atoms with Crippen molar-refractivity contribution in [2.45, 2.75) is 32.3 Å². The standard InChI is InChI=1S/C18H20O2/c1-14(16-9-5-3-6-10-16)13-18(19)20-15(2)17-11-7-4-8-12-17/h3-12,14-15H,13H2,1-2H3/t14-,15+/m1/s1. The molecule has 2 rings (SSSR count). The fourth-order valence-corrected chi connectivity index (χ4v) is 2.19. The predicted octanol–water partition coefficient (Wildman–Crippen LogP) is 4.48. The zero-order valence-electron chi connectivity index (χ0n) is 12.0. The van der Waals surface area contributed by atoms with Gasteiger partial charge in [-0.05, 0) is 24.0 Å². The highest BCUT2D eigenvalue weighted by Crippen LogP contribution is 2.22. The van der Waals surface area contributed by atoms with Gasteiger partial charge in [-0.1, -0.05) is 67.6 Å². The Bertz CT molecular complexity index is 484. The molecule has 2 aromatic carbocycles. The van der Waals surface area contributed by atoms with Crippen LogP contribution >= 0.6 is 0 Å². The third-order valence-electron chi connectivity index (χ3n) is 3.42. The highest BCUT2D eigenvalue weighted by atomic mass is 16.5. The van der Waals surface area contributed by atoms with Crippen LogP contribution in [0.4, 0.5) is 0 Å². The van der Waals surface area contributed by atoms with Crippen LogP contribution in [0, 0.1) is 0 Å². The number of esters is 1. The Balaban J connectivity index is 1.90. The summed E-state index contributed by atoms with van der Waals surface area (Å²) in [6, 6.07) is 19.8. The molecule has 2 heteroatoms. The van der Waals surface area contributed by atoms with Crippen molar-refractivity contribution >= 4 is 5.97 Å². The van der Waals surface area contributed by atoms with E-state index in [0.29, 0.717) is 6.42 Å². The van der Waals surface area contributed by atoms with E-state index in [1.54, 1.807) is 0 Å². The number of benzene rings is 2. The van der Waals surface area contributed by atoms with E-state index in [-0.39, 0.29) is 18.0 Å². The van der Waals surface area contributed by atoms with Gasteiger partial charge < -0.3 is 4.74 Å². The molecule has 104 valence electrons. The van der Waals surface area contributed by atoms with Gasteiger partial charge in [0.05, 0.1) is 6.42 Å². The lowest BCUT2D eigenvalue weighted by molar-refractivity contribution is -0.149. The lowest BCUT2D eigenvalue weighted by Gasteiger charge is -2.16. The molecule has 0 saturated heterocycles. The summed E-state index contributed by atoms with van der Waals surface area (Å²) in [7, 11) is 0. The highest BCUT2D eigenvalue weighted by Gasteiger charge is 2.15. The van der Waals surface area contributed by atoms with Gasteiger partial charge >= 0.3 is 5.97 Å². The molecule has 0 N–H and O–H groups in total. The molecule has 2 nitrogen and oxygen atoms in total. The van der Waals surface area contributed by atoms with E-state index in [4.69, 9.17) is 4.74 Å². The number of hydrogen-bond acceptors (Lipinski definition) is 2. The molecule has 20 heavy (non-hydrogen) atoms. The maximum atomic E-state index is 12.0. The minimum absolute atomic E-state index is 0.155. The predicted molar refractivity (Wildman–Crippen MR) is 80.4 cm³/mol. The molecular formula is C18H20O2. The van der Waals surface area contributed by atoms with Crippen molar-refractivity contribution in [3.05, 3.63) is 71.8 Å². The van der Waals surface area contributed by atoms with E-state index < -0.39 is 0 Å². The Morgan fingerprint density at radius 2 is 1.40 bits per heavy atom. The average molecular weight is 268 g/mol. The molecule has 0 heterocycles. The first-order valence-electron chi connectivity index (χ1n) is 6.96. The molecule has 0 radical (unpaired) electrons. The van der Waals surface area contributed by atoms with Gasteiger partial charge in [0, 0.05) is 0 Å². The van der Waals surface area contributed by atoms with E-state index in [2.05, 4.69) is 0 Å². The van der Waals surface area contributed by atoms with Gasteiger partial charge in [0.1, 0.15) is 6.10 Å². The second-order valence-corrected chi connectivity index (χ2v) is 5.06. The molecule has 0 fully saturated rings. The summed E-state index contributed by atoms with van der Waals surface area (Å²) < 4.78 is 5.49. The zero-order valence-corrected chi connectivity index (χ0v) is 12.0. The molecule has 2 aromatic rings. The lowest BCUT2D eigenvalue weighted by Crippen LogP contribution is -2.11. The van der Waals surface area contributed by atoms with Crippen molar-refractivity contribution in [1.29, 1.82) is 0 Å². The Morgan fingerprint density at radius 1 is 0.900 bits per heavy atom. The molecule has 0 bridgehead atoms. The molecule has 2 atom stereocenters. The quantitative estimate of drug-likeness (QED) is 0.747. The molecule has 0 aliphatic heterocycles. The Morgan fingerprint density at radius 3 is 1.95 bits per heavy atom. The summed E-state index contributed by atoms with van der Waals surface area (Å²) in [6.07, 6.45) is 0.202. The average Bonchev–Trinajstić information content (AvgIpc) is 2.49. The van der Waals surface area contributed by atoms with Crippen molar-refractivity contribution in [1.82, 2.24) is 0 Å². The molecule has 0 amide bonds. The van der Waals surface area contributed by atoms with Crippen LogP contribution in [0.3, 0.4) is 0 Å². The lowest BCUT2D eigenvalue weighted by atomic mass is 9.98. The molecule has 0 unspecified atom stereocenters. The molecule has 0 aliphatic rings. The van der Waals surface area contributed by atoms with Crippen LogP contribution in [0.15, 0.2) is 60.7 Å². The fraction of sp³-hybridized carbons (Fsp3) is 0.278. The van der Waals surface area contributed by atoms with Gasteiger partial charge in [-0.15, -0.1) is 0 Å². The van der Waals surface area contributed by atoms with Crippen molar-refractivity contribution in [2.24, 2.45) is 0 Å². The largest absolute Gasteiger partial charge is 0.458 e. The summed E-state index contributed by atoms with van der Waals surface area (Å²) >= 11 is 0. The van der Waals surface area contributed by atoms with Gasteiger partial charge in [-0.2, -0.15) is 0 Å². The van der Waals surface area contributed by atoms with Crippen LogP contribution in [-0.2, 0) is 9.53 Å². The first-order chi connectivity index (χ1) is 9.66. The van der Waals surface area contributed by atoms with Crippen LogP contribution in [-0.4, -0.2) is 5.97 Å². The van der Waals surface area contributed by atoms with Gasteiger partial charge in [-0.25, -0.2) is 0 Å². The number of rotatable bonds is 5. The van der Waals surface area contributed by atoms with Gasteiger partial charge in [0.2, 0.25) is 0 Å². The van der Waals surface area contributed by atoms with Crippen molar-refractivity contribution in [2.75, 3.05) is 0 Å². The summed E-state index contributed by atoms with van der Waals surface area (Å²) in [4.78, 5) is 12.0. The van der Waals surface area contributed by atoms with Crippen LogP contribution < -0.4 is 0 Å².